The SMILES string of the molecule is Cn1nccc1-c1cc(NC(=O)Oc2cccc3c2OC(C)(C)C3)ccc1OCCN. The summed E-state index contributed by atoms with van der Waals surface area (Å²) >= 11 is 0. The van der Waals surface area contributed by atoms with Crippen LogP contribution in [-0.2, 0) is 13.5 Å². The minimum absolute atomic E-state index is 0.324. The van der Waals surface area contributed by atoms with Gasteiger partial charge in [-0.25, -0.2) is 4.79 Å². The number of carbonyl (C=O) groups is 1. The highest BCUT2D eigenvalue weighted by molar-refractivity contribution is 5.88. The van der Waals surface area contributed by atoms with Crippen molar-refractivity contribution in [3.63, 3.8) is 0 Å². The molecule has 0 saturated carbocycles. The monoisotopic (exact) mass is 422 g/mol. The van der Waals surface area contributed by atoms with Crippen molar-refractivity contribution in [2.45, 2.75) is 25.9 Å². The number of nitrogens with one attached hydrogen (secondary N) is 1. The molecule has 1 aliphatic rings. The molecular weight excluding hydrogens is 396 g/mol. The van der Waals surface area contributed by atoms with Gasteiger partial charge in [0.1, 0.15) is 18.0 Å². The predicted molar refractivity (Wildman–Crippen MR) is 118 cm³/mol. The number of nitrogens with two attached hydrogens (primary N) is 1. The smallest absolute Gasteiger partial charge is 0.417 e. The molecule has 1 aliphatic heterocycles. The van der Waals surface area contributed by atoms with Crippen molar-refractivity contribution in [1.29, 1.82) is 0 Å². The Morgan fingerprint density at radius 2 is 2.10 bits per heavy atom. The van der Waals surface area contributed by atoms with Gasteiger partial charge < -0.3 is 19.9 Å². The first kappa shape index (κ1) is 20.7. The molecule has 1 aromatic heterocycles. The number of rotatable bonds is 6. The third kappa shape index (κ3) is 4.49. The number of hydrogen-bond acceptors (Lipinski definition) is 6. The third-order valence-electron chi connectivity index (χ3n) is 4.96. The second-order valence-corrected chi connectivity index (χ2v) is 7.99. The van der Waals surface area contributed by atoms with Gasteiger partial charge in [-0.05, 0) is 44.2 Å². The molecule has 0 spiro atoms. The van der Waals surface area contributed by atoms with Gasteiger partial charge >= 0.3 is 6.09 Å². The van der Waals surface area contributed by atoms with E-state index in [4.69, 9.17) is 19.9 Å². The Labute approximate surface area is 180 Å². The van der Waals surface area contributed by atoms with Crippen molar-refractivity contribution in [2.24, 2.45) is 12.8 Å². The molecule has 0 aliphatic carbocycles. The lowest BCUT2D eigenvalue weighted by Crippen LogP contribution is -2.25. The summed E-state index contributed by atoms with van der Waals surface area (Å²) in [5.41, 5.74) is 8.47. The number of ether oxygens (including phenoxy) is 3. The van der Waals surface area contributed by atoms with Crippen molar-refractivity contribution in [3.05, 3.63) is 54.2 Å². The van der Waals surface area contributed by atoms with Crippen molar-refractivity contribution in [3.8, 4) is 28.5 Å². The maximum atomic E-state index is 12.6. The Bertz CT molecular complexity index is 1110. The fourth-order valence-corrected chi connectivity index (χ4v) is 3.65. The number of aromatic nitrogens is 2. The Balaban J connectivity index is 1.54. The average Bonchev–Trinajstić information content (AvgIpc) is 3.28. The maximum Gasteiger partial charge on any atom is 0.417 e. The van der Waals surface area contributed by atoms with E-state index in [1.165, 1.54) is 0 Å². The first-order valence-electron chi connectivity index (χ1n) is 10.1. The molecule has 162 valence electrons. The fourth-order valence-electron chi connectivity index (χ4n) is 3.65. The van der Waals surface area contributed by atoms with Gasteiger partial charge in [0.2, 0.25) is 0 Å². The lowest BCUT2D eigenvalue weighted by atomic mass is 10.0. The molecule has 2 aromatic carbocycles. The summed E-state index contributed by atoms with van der Waals surface area (Å²) in [6, 6.07) is 12.8. The zero-order chi connectivity index (χ0) is 22.0. The van der Waals surface area contributed by atoms with Crippen LogP contribution in [0, 0.1) is 0 Å². The zero-order valence-electron chi connectivity index (χ0n) is 17.8. The van der Waals surface area contributed by atoms with Crippen molar-refractivity contribution < 1.29 is 19.0 Å². The van der Waals surface area contributed by atoms with Crippen molar-refractivity contribution in [1.82, 2.24) is 9.78 Å². The van der Waals surface area contributed by atoms with Gasteiger partial charge in [-0.2, -0.15) is 5.10 Å². The molecule has 0 fully saturated rings. The van der Waals surface area contributed by atoms with E-state index in [9.17, 15) is 4.79 Å². The van der Waals surface area contributed by atoms with E-state index in [1.807, 2.05) is 45.2 Å². The Morgan fingerprint density at radius 3 is 2.84 bits per heavy atom. The predicted octanol–water partition coefficient (Wildman–Crippen LogP) is 3.75. The summed E-state index contributed by atoms with van der Waals surface area (Å²) in [7, 11) is 1.84. The summed E-state index contributed by atoms with van der Waals surface area (Å²) in [6.07, 6.45) is 1.86. The highest BCUT2D eigenvalue weighted by atomic mass is 16.6. The molecule has 4 rings (SSSR count). The van der Waals surface area contributed by atoms with Gasteiger partial charge in [0.25, 0.3) is 0 Å². The van der Waals surface area contributed by atoms with Gasteiger partial charge in [0, 0.05) is 43.0 Å². The largest absolute Gasteiger partial charge is 0.492 e. The molecule has 0 radical (unpaired) electrons. The van der Waals surface area contributed by atoms with E-state index in [0.29, 0.717) is 36.1 Å². The molecule has 0 saturated heterocycles. The highest BCUT2D eigenvalue weighted by Crippen LogP contribution is 2.42. The summed E-state index contributed by atoms with van der Waals surface area (Å²) in [5, 5.41) is 7.00. The van der Waals surface area contributed by atoms with Crippen LogP contribution in [0.25, 0.3) is 11.3 Å². The van der Waals surface area contributed by atoms with E-state index in [2.05, 4.69) is 10.4 Å². The number of aryl methyl sites for hydroxylation is 1. The standard InChI is InChI=1S/C23H26N4O4/c1-23(2)14-15-5-4-6-20(21(15)31-23)30-22(28)26-16-7-8-19(29-12-10-24)17(13-16)18-9-11-25-27(18)3/h4-9,11,13H,10,12,14,24H2,1-3H3,(H,26,28). The third-order valence-corrected chi connectivity index (χ3v) is 4.96. The van der Waals surface area contributed by atoms with Gasteiger partial charge in [-0.3, -0.25) is 10.00 Å². The van der Waals surface area contributed by atoms with Crippen LogP contribution in [-0.4, -0.2) is 34.6 Å². The lowest BCUT2D eigenvalue weighted by molar-refractivity contribution is 0.133. The van der Waals surface area contributed by atoms with Crippen molar-refractivity contribution >= 4 is 11.8 Å². The summed E-state index contributed by atoms with van der Waals surface area (Å²) in [5.74, 6) is 1.67. The molecule has 31 heavy (non-hydrogen) atoms. The number of para-hydroxylation sites is 1. The number of anilines is 1. The summed E-state index contributed by atoms with van der Waals surface area (Å²) in [6.45, 7) is 4.79. The van der Waals surface area contributed by atoms with E-state index in [0.717, 1.165) is 23.2 Å². The number of fused-ring (bicyclic) bond motifs is 1. The lowest BCUT2D eigenvalue weighted by Gasteiger charge is -2.18. The Hall–Kier alpha value is -3.52. The topological polar surface area (TPSA) is 101 Å². The Kier molecular flexibility index (Phi) is 5.56. The second-order valence-electron chi connectivity index (χ2n) is 7.99. The first-order valence-corrected chi connectivity index (χ1v) is 10.1. The van der Waals surface area contributed by atoms with Crippen LogP contribution >= 0.6 is 0 Å². The fraction of sp³-hybridized carbons (Fsp3) is 0.304. The van der Waals surface area contributed by atoms with Crippen LogP contribution in [0.4, 0.5) is 10.5 Å². The molecule has 3 aromatic rings. The summed E-state index contributed by atoms with van der Waals surface area (Å²) < 4.78 is 19.0. The van der Waals surface area contributed by atoms with Gasteiger partial charge in [-0.15, -0.1) is 0 Å². The average molecular weight is 422 g/mol. The quantitative estimate of drug-likeness (QED) is 0.628. The molecule has 3 N–H and O–H groups in total. The number of nitrogens with zero attached hydrogens (tertiary/aromatic N) is 2. The van der Waals surface area contributed by atoms with Crippen molar-refractivity contribution in [2.75, 3.05) is 18.5 Å². The highest BCUT2D eigenvalue weighted by Gasteiger charge is 2.32. The van der Waals surface area contributed by atoms with Crippen LogP contribution < -0.4 is 25.3 Å². The Morgan fingerprint density at radius 1 is 1.26 bits per heavy atom. The normalized spacial score (nSPS) is 13.9. The second kappa shape index (κ2) is 8.31. The van der Waals surface area contributed by atoms with Gasteiger partial charge in [-0.1, -0.05) is 12.1 Å². The molecule has 1 amide bonds. The van der Waals surface area contributed by atoms with E-state index in [1.54, 1.807) is 29.1 Å². The number of carbonyl (C=O) groups excluding carboxylic acids is 1. The molecule has 0 bridgehead atoms. The number of benzene rings is 2. The van der Waals surface area contributed by atoms with Crippen LogP contribution in [0.15, 0.2) is 48.7 Å². The molecule has 0 unspecified atom stereocenters. The number of amides is 1. The van der Waals surface area contributed by atoms with E-state index >= 15 is 0 Å². The summed E-state index contributed by atoms with van der Waals surface area (Å²) in [4.78, 5) is 12.6. The van der Waals surface area contributed by atoms with Crippen LogP contribution in [0.5, 0.6) is 17.2 Å². The minimum atomic E-state index is -0.603. The molecular formula is C23H26N4O4. The van der Waals surface area contributed by atoms with Gasteiger partial charge in [0.15, 0.2) is 11.5 Å². The van der Waals surface area contributed by atoms with Gasteiger partial charge in [0.05, 0.1) is 5.69 Å². The minimum Gasteiger partial charge on any atom is -0.492 e. The maximum absolute atomic E-state index is 12.6. The van der Waals surface area contributed by atoms with Crippen LogP contribution in [0.1, 0.15) is 19.4 Å². The molecule has 8 heteroatoms. The number of hydrogen-bond donors (Lipinski definition) is 2. The first-order chi connectivity index (χ1) is 14.9. The van der Waals surface area contributed by atoms with E-state index in [-0.39, 0.29) is 5.60 Å². The van der Waals surface area contributed by atoms with E-state index < -0.39 is 6.09 Å². The van der Waals surface area contributed by atoms with Crippen LogP contribution in [0.2, 0.25) is 0 Å². The van der Waals surface area contributed by atoms with Crippen LogP contribution in [0.3, 0.4) is 0 Å². The molecule has 8 nitrogen and oxygen atoms in total. The molecule has 2 heterocycles. The zero-order valence-corrected chi connectivity index (χ0v) is 17.8. The molecule has 0 atom stereocenters.